The van der Waals surface area contributed by atoms with E-state index < -0.39 is 23.5 Å². The van der Waals surface area contributed by atoms with Gasteiger partial charge in [0.2, 0.25) is 0 Å². The number of hydrazone groups is 1. The second-order valence-corrected chi connectivity index (χ2v) is 8.25. The molecule has 12 heteroatoms. The number of nitrogens with one attached hydrogen (secondary N) is 3. The Bertz CT molecular complexity index is 1320. The molecule has 0 saturated heterocycles. The summed E-state index contributed by atoms with van der Waals surface area (Å²) in [6.07, 6.45) is 1.26. The minimum absolute atomic E-state index is 0.133. The molecule has 36 heavy (non-hydrogen) atoms. The summed E-state index contributed by atoms with van der Waals surface area (Å²) in [5.41, 5.74) is 2.85. The highest BCUT2D eigenvalue weighted by atomic mass is 79.9. The van der Waals surface area contributed by atoms with Gasteiger partial charge < -0.3 is 20.1 Å². The zero-order valence-corrected chi connectivity index (χ0v) is 21.0. The van der Waals surface area contributed by atoms with Crippen LogP contribution in [0.25, 0.3) is 0 Å². The number of carbonyl (C=O) groups is 3. The van der Waals surface area contributed by atoms with Crippen molar-refractivity contribution in [2.45, 2.75) is 0 Å². The number of carbonyl (C=O) groups excluding carboxylic acids is 3. The molecule has 0 aliphatic heterocycles. The zero-order valence-electron chi connectivity index (χ0n) is 18.7. The molecule has 3 N–H and O–H groups in total. The first-order valence-electron chi connectivity index (χ1n) is 10.2. The Morgan fingerprint density at radius 3 is 2.42 bits per heavy atom. The molecule has 3 aromatic carbocycles. The highest BCUT2D eigenvalue weighted by Crippen LogP contribution is 2.36. The Balaban J connectivity index is 1.59. The van der Waals surface area contributed by atoms with Gasteiger partial charge in [0.15, 0.2) is 18.1 Å². The second kappa shape index (κ2) is 12.7. The van der Waals surface area contributed by atoms with Crippen molar-refractivity contribution in [1.29, 1.82) is 0 Å². The SMILES string of the molecule is COc1cc(/C=N\NC(=O)C(=O)Nc2ccccc2F)cc(Br)c1OCC(=O)Nc1ccccc1Cl. The Morgan fingerprint density at radius 1 is 1.03 bits per heavy atom. The number of ether oxygens (including phenoxy) is 2. The third-order valence-corrected chi connectivity index (χ3v) is 5.37. The van der Waals surface area contributed by atoms with E-state index in [4.69, 9.17) is 21.1 Å². The number of methoxy groups -OCH3 is 1. The molecule has 3 amide bonds. The van der Waals surface area contributed by atoms with Gasteiger partial charge in [0.1, 0.15) is 5.82 Å². The van der Waals surface area contributed by atoms with Crippen molar-refractivity contribution in [2.75, 3.05) is 24.4 Å². The molecule has 0 aliphatic carbocycles. The molecular formula is C24H19BrClFN4O5. The molecule has 3 rings (SSSR count). The van der Waals surface area contributed by atoms with Crippen molar-refractivity contribution >= 4 is 62.8 Å². The number of halogens is 3. The third-order valence-electron chi connectivity index (χ3n) is 4.46. The van der Waals surface area contributed by atoms with E-state index in [0.29, 0.717) is 20.7 Å². The number of benzene rings is 3. The Kier molecular flexibility index (Phi) is 9.37. The predicted molar refractivity (Wildman–Crippen MR) is 137 cm³/mol. The second-order valence-electron chi connectivity index (χ2n) is 6.98. The van der Waals surface area contributed by atoms with Gasteiger partial charge in [-0.3, -0.25) is 14.4 Å². The lowest BCUT2D eigenvalue weighted by molar-refractivity contribution is -0.136. The monoisotopic (exact) mass is 576 g/mol. The Morgan fingerprint density at radius 2 is 1.72 bits per heavy atom. The van der Waals surface area contributed by atoms with E-state index in [1.54, 1.807) is 36.4 Å². The summed E-state index contributed by atoms with van der Waals surface area (Å²) in [4.78, 5) is 36.1. The fourth-order valence-electron chi connectivity index (χ4n) is 2.80. The molecule has 0 unspecified atom stereocenters. The van der Waals surface area contributed by atoms with Gasteiger partial charge in [-0.2, -0.15) is 5.10 Å². The van der Waals surface area contributed by atoms with Crippen molar-refractivity contribution in [3.05, 3.63) is 81.5 Å². The van der Waals surface area contributed by atoms with Crippen LogP contribution in [0.2, 0.25) is 5.02 Å². The first-order chi connectivity index (χ1) is 17.3. The van der Waals surface area contributed by atoms with E-state index in [2.05, 4.69) is 37.1 Å². The van der Waals surface area contributed by atoms with Crippen LogP contribution in [-0.2, 0) is 14.4 Å². The lowest BCUT2D eigenvalue weighted by Crippen LogP contribution is -2.32. The standard InChI is InChI=1S/C24H19BrClFN4O5/c1-35-20-11-14(12-28-31-24(34)23(33)30-19-9-5-3-7-17(19)27)10-15(25)22(20)36-13-21(32)29-18-8-4-2-6-16(18)26/h2-12H,13H2,1H3,(H,29,32)(H,30,33)(H,31,34)/b28-12-. The summed E-state index contributed by atoms with van der Waals surface area (Å²) >= 11 is 9.39. The first kappa shape index (κ1) is 26.6. The van der Waals surface area contributed by atoms with E-state index in [1.807, 2.05) is 0 Å². The van der Waals surface area contributed by atoms with Crippen LogP contribution in [0.1, 0.15) is 5.56 Å². The Labute approximate surface area is 218 Å². The minimum atomic E-state index is -1.09. The van der Waals surface area contributed by atoms with Crippen molar-refractivity contribution < 1.29 is 28.2 Å². The number of para-hydroxylation sites is 2. The van der Waals surface area contributed by atoms with Crippen molar-refractivity contribution in [2.24, 2.45) is 5.10 Å². The molecule has 0 aliphatic rings. The molecule has 0 saturated carbocycles. The maximum absolute atomic E-state index is 13.6. The average molecular weight is 578 g/mol. The summed E-state index contributed by atoms with van der Waals surface area (Å²) in [7, 11) is 1.41. The van der Waals surface area contributed by atoms with Gasteiger partial charge in [-0.15, -0.1) is 0 Å². The number of hydrogen-bond donors (Lipinski definition) is 3. The largest absolute Gasteiger partial charge is 0.493 e. The highest BCUT2D eigenvalue weighted by molar-refractivity contribution is 9.10. The lowest BCUT2D eigenvalue weighted by atomic mass is 10.2. The fraction of sp³-hybridized carbons (Fsp3) is 0.0833. The summed E-state index contributed by atoms with van der Waals surface area (Å²) < 4.78 is 25.0. The molecule has 3 aromatic rings. The molecule has 0 atom stereocenters. The van der Waals surface area contributed by atoms with Crippen LogP contribution in [0, 0.1) is 5.82 Å². The number of hydrogen-bond acceptors (Lipinski definition) is 6. The van der Waals surface area contributed by atoms with Crippen LogP contribution in [0.3, 0.4) is 0 Å². The van der Waals surface area contributed by atoms with Crippen molar-refractivity contribution in [3.8, 4) is 11.5 Å². The molecule has 0 spiro atoms. The van der Waals surface area contributed by atoms with E-state index in [1.165, 1.54) is 31.5 Å². The number of nitrogens with zero attached hydrogens (tertiary/aromatic N) is 1. The molecule has 0 fully saturated rings. The van der Waals surface area contributed by atoms with Crippen LogP contribution in [0.5, 0.6) is 11.5 Å². The van der Waals surface area contributed by atoms with Crippen LogP contribution >= 0.6 is 27.5 Å². The molecule has 0 radical (unpaired) electrons. The van der Waals surface area contributed by atoms with Gasteiger partial charge in [0.05, 0.1) is 34.2 Å². The topological polar surface area (TPSA) is 118 Å². The maximum atomic E-state index is 13.6. The van der Waals surface area contributed by atoms with E-state index in [9.17, 15) is 18.8 Å². The predicted octanol–water partition coefficient (Wildman–Crippen LogP) is 4.36. The highest BCUT2D eigenvalue weighted by Gasteiger charge is 2.16. The normalized spacial score (nSPS) is 10.6. The first-order valence-corrected chi connectivity index (χ1v) is 11.4. The summed E-state index contributed by atoms with van der Waals surface area (Å²) in [5.74, 6) is -2.75. The fourth-order valence-corrected chi connectivity index (χ4v) is 3.56. The number of amides is 3. The Hall–Kier alpha value is -3.96. The third kappa shape index (κ3) is 7.27. The zero-order chi connectivity index (χ0) is 26.1. The van der Waals surface area contributed by atoms with Crippen molar-refractivity contribution in [1.82, 2.24) is 5.43 Å². The van der Waals surface area contributed by atoms with Gasteiger partial charge in [-0.25, -0.2) is 9.82 Å². The average Bonchev–Trinajstić information content (AvgIpc) is 2.85. The van der Waals surface area contributed by atoms with Crippen molar-refractivity contribution in [3.63, 3.8) is 0 Å². The molecule has 9 nitrogen and oxygen atoms in total. The minimum Gasteiger partial charge on any atom is -0.493 e. The van der Waals surface area contributed by atoms with Gasteiger partial charge in [0.25, 0.3) is 5.91 Å². The van der Waals surface area contributed by atoms with Gasteiger partial charge in [-0.1, -0.05) is 35.9 Å². The van der Waals surface area contributed by atoms with Gasteiger partial charge in [0, 0.05) is 0 Å². The summed E-state index contributed by atoms with van der Waals surface area (Å²) in [6, 6.07) is 15.4. The smallest absolute Gasteiger partial charge is 0.329 e. The number of anilines is 2. The molecule has 0 aromatic heterocycles. The lowest BCUT2D eigenvalue weighted by Gasteiger charge is -2.14. The van der Waals surface area contributed by atoms with E-state index in [0.717, 1.165) is 6.07 Å². The summed E-state index contributed by atoms with van der Waals surface area (Å²) in [6.45, 7) is -0.319. The molecule has 0 bridgehead atoms. The van der Waals surface area contributed by atoms with Crippen LogP contribution < -0.4 is 25.5 Å². The molecular weight excluding hydrogens is 559 g/mol. The van der Waals surface area contributed by atoms with Crippen LogP contribution in [0.4, 0.5) is 15.8 Å². The molecule has 0 heterocycles. The van der Waals surface area contributed by atoms with E-state index >= 15 is 0 Å². The van der Waals surface area contributed by atoms with Crippen LogP contribution in [0.15, 0.2) is 70.2 Å². The quantitative estimate of drug-likeness (QED) is 0.209. The number of rotatable bonds is 8. The van der Waals surface area contributed by atoms with E-state index in [-0.39, 0.29) is 23.8 Å². The van der Waals surface area contributed by atoms with Gasteiger partial charge >= 0.3 is 11.8 Å². The summed E-state index contributed by atoms with van der Waals surface area (Å²) in [5, 5.41) is 8.92. The maximum Gasteiger partial charge on any atom is 0.329 e. The van der Waals surface area contributed by atoms with Gasteiger partial charge in [-0.05, 0) is 57.9 Å². The van der Waals surface area contributed by atoms with Crippen LogP contribution in [-0.4, -0.2) is 37.7 Å². The molecule has 186 valence electrons.